The molecule has 0 saturated heterocycles. The van der Waals surface area contributed by atoms with E-state index in [0.717, 1.165) is 80.7 Å². The Balaban J connectivity index is 1.75. The number of carbonyl (C=O) groups excluding carboxylic acids is 1. The van der Waals surface area contributed by atoms with Gasteiger partial charge in [0.2, 0.25) is 0 Å². The van der Waals surface area contributed by atoms with E-state index < -0.39 is 0 Å². The van der Waals surface area contributed by atoms with Crippen LogP contribution in [0.1, 0.15) is 157 Å². The first kappa shape index (κ1) is 44.3. The second kappa shape index (κ2) is 24.4. The lowest BCUT2D eigenvalue weighted by molar-refractivity contribution is -0.133. The molecule has 3 heteroatoms. The van der Waals surface area contributed by atoms with Crippen molar-refractivity contribution in [3.63, 3.8) is 0 Å². The third kappa shape index (κ3) is 17.1. The molecule has 2 aromatic rings. The minimum Gasteiger partial charge on any atom is -0.507 e. The smallest absolute Gasteiger partial charge is 0.310 e. The van der Waals surface area contributed by atoms with Crippen molar-refractivity contribution in [3.8, 4) is 11.5 Å². The summed E-state index contributed by atoms with van der Waals surface area (Å²) in [4.78, 5) is 12.2. The Morgan fingerprint density at radius 2 is 0.942 bits per heavy atom. The molecule has 1 N–H and O–H groups in total. The van der Waals surface area contributed by atoms with Gasteiger partial charge in [0.05, 0.1) is 0 Å². The molecule has 0 fully saturated rings. The zero-order chi connectivity index (χ0) is 38.5. The second-order valence-corrected chi connectivity index (χ2v) is 15.2. The Morgan fingerprint density at radius 1 is 0.577 bits per heavy atom. The van der Waals surface area contributed by atoms with Gasteiger partial charge in [-0.1, -0.05) is 113 Å². The number of phenols is 1. The van der Waals surface area contributed by atoms with Crippen LogP contribution in [0.2, 0.25) is 0 Å². The molecule has 2 rings (SSSR count). The van der Waals surface area contributed by atoms with Crippen molar-refractivity contribution >= 4 is 16.7 Å². The Kier molecular flexibility index (Phi) is 20.8. The van der Waals surface area contributed by atoms with Crippen LogP contribution in [0.3, 0.4) is 0 Å². The van der Waals surface area contributed by atoms with Crippen LogP contribution >= 0.6 is 0 Å². The monoisotopic (exact) mass is 707 g/mol. The average molecular weight is 707 g/mol. The molecule has 0 aliphatic heterocycles. The van der Waals surface area contributed by atoms with E-state index in [-0.39, 0.29) is 11.7 Å². The predicted octanol–water partition coefficient (Wildman–Crippen LogP) is 15.0. The topological polar surface area (TPSA) is 46.5 Å². The molecule has 0 aromatic heterocycles. The van der Waals surface area contributed by atoms with Crippen molar-refractivity contribution in [2.45, 2.75) is 159 Å². The number of carbonyl (C=O) groups is 1. The number of aromatic hydroxyl groups is 1. The Hall–Kier alpha value is -3.85. The molecule has 0 aliphatic carbocycles. The summed E-state index contributed by atoms with van der Waals surface area (Å²) in [6, 6.07) is 7.58. The van der Waals surface area contributed by atoms with E-state index in [1.807, 2.05) is 31.2 Å². The Bertz CT molecular complexity index is 1660. The largest absolute Gasteiger partial charge is 0.507 e. The number of ether oxygens (including phenoxy) is 1. The average Bonchev–Trinajstić information content (AvgIpc) is 3.09. The summed E-state index contributed by atoms with van der Waals surface area (Å²) in [6.45, 7) is 21.6. The van der Waals surface area contributed by atoms with Gasteiger partial charge >= 0.3 is 5.97 Å². The number of phenolic OH excluding ortho intramolecular Hbond substituents is 1. The summed E-state index contributed by atoms with van der Waals surface area (Å²) in [7, 11) is 0. The summed E-state index contributed by atoms with van der Waals surface area (Å²) in [5.74, 6) is 0.556. The van der Waals surface area contributed by atoms with Gasteiger partial charge in [-0.15, -0.1) is 0 Å². The first-order chi connectivity index (χ1) is 24.8. The molecule has 0 aliphatic rings. The number of esters is 1. The fourth-order valence-corrected chi connectivity index (χ4v) is 6.34. The molecule has 0 radical (unpaired) electrons. The lowest BCUT2D eigenvalue weighted by Crippen LogP contribution is -2.08. The molecule has 0 saturated carbocycles. The number of rotatable bonds is 22. The van der Waals surface area contributed by atoms with Gasteiger partial charge in [-0.3, -0.25) is 4.79 Å². The first-order valence-corrected chi connectivity index (χ1v) is 19.8. The number of allylic oxidation sites excluding steroid dienone is 14. The van der Waals surface area contributed by atoms with Crippen molar-refractivity contribution in [3.05, 3.63) is 117 Å². The maximum Gasteiger partial charge on any atom is 0.310 e. The standard InChI is InChI=1S/C49H70O3/c1-11-47(50)52-49-43(10)44(48(51)45-32-12-13-33-46(45)49)35-34-42(9)31-19-30-41(8)29-18-28-40(7)27-17-26-39(6)25-16-24-38(5)23-15-22-37(4)21-14-20-36(2)3/h12-13,20,22,24,26,28,30,32-34,51H,11,14-19,21,23,25,27,29,31,35H2,1-10H3. The minimum absolute atomic E-state index is 0.271. The summed E-state index contributed by atoms with van der Waals surface area (Å²) in [5, 5.41) is 12.6. The molecule has 0 spiro atoms. The summed E-state index contributed by atoms with van der Waals surface area (Å²) >= 11 is 0. The highest BCUT2D eigenvalue weighted by Crippen LogP contribution is 2.40. The van der Waals surface area contributed by atoms with Crippen molar-refractivity contribution in [2.75, 3.05) is 0 Å². The zero-order valence-electron chi connectivity index (χ0n) is 34.5. The Labute approximate surface area is 318 Å². The van der Waals surface area contributed by atoms with Crippen LogP contribution in [0, 0.1) is 6.92 Å². The third-order valence-electron chi connectivity index (χ3n) is 9.91. The second-order valence-electron chi connectivity index (χ2n) is 15.2. The third-order valence-corrected chi connectivity index (χ3v) is 9.91. The molecule has 284 valence electrons. The summed E-state index contributed by atoms with van der Waals surface area (Å²) in [5.41, 5.74) is 11.8. The molecular formula is C49H70O3. The molecular weight excluding hydrogens is 637 g/mol. The van der Waals surface area contributed by atoms with Crippen LogP contribution in [0.15, 0.2) is 106 Å². The fraction of sp³-hybridized carbons (Fsp3) is 0.490. The van der Waals surface area contributed by atoms with Crippen molar-refractivity contribution in [2.24, 2.45) is 0 Å². The summed E-state index contributed by atoms with van der Waals surface area (Å²) < 4.78 is 5.73. The van der Waals surface area contributed by atoms with Crippen LogP contribution in [0.4, 0.5) is 0 Å². The van der Waals surface area contributed by atoms with E-state index in [9.17, 15) is 9.90 Å². The summed E-state index contributed by atoms with van der Waals surface area (Å²) in [6.07, 6.45) is 30.9. The van der Waals surface area contributed by atoms with Crippen LogP contribution in [0.25, 0.3) is 10.8 Å². The van der Waals surface area contributed by atoms with Gasteiger partial charge in [0, 0.05) is 22.8 Å². The van der Waals surface area contributed by atoms with Crippen molar-refractivity contribution in [1.29, 1.82) is 0 Å². The van der Waals surface area contributed by atoms with E-state index in [2.05, 4.69) is 97.9 Å². The van der Waals surface area contributed by atoms with Crippen LogP contribution < -0.4 is 4.74 Å². The highest BCUT2D eigenvalue weighted by Gasteiger charge is 2.18. The SMILES string of the molecule is CCC(=O)Oc1c(C)c(CC=C(C)CCC=C(C)CCC=C(C)CCC=C(C)CCC=C(C)CCC=C(C)CCC=C(C)C)c(O)c2ccccc12. The minimum atomic E-state index is -0.271. The highest BCUT2D eigenvalue weighted by atomic mass is 16.5. The molecule has 0 bridgehead atoms. The van der Waals surface area contributed by atoms with Gasteiger partial charge in [-0.05, 0) is 151 Å². The van der Waals surface area contributed by atoms with E-state index in [0.29, 0.717) is 24.0 Å². The van der Waals surface area contributed by atoms with Gasteiger partial charge < -0.3 is 9.84 Å². The van der Waals surface area contributed by atoms with Gasteiger partial charge in [0.15, 0.2) is 0 Å². The number of hydrogen-bond donors (Lipinski definition) is 1. The number of benzene rings is 2. The number of hydrogen-bond acceptors (Lipinski definition) is 3. The molecule has 0 atom stereocenters. The molecule has 0 heterocycles. The predicted molar refractivity (Wildman–Crippen MR) is 227 cm³/mol. The van der Waals surface area contributed by atoms with Crippen molar-refractivity contribution in [1.82, 2.24) is 0 Å². The maximum atomic E-state index is 12.2. The molecule has 0 amide bonds. The lowest BCUT2D eigenvalue weighted by atomic mass is 9.95. The molecule has 52 heavy (non-hydrogen) atoms. The quantitative estimate of drug-likeness (QED) is 0.0753. The lowest BCUT2D eigenvalue weighted by Gasteiger charge is -2.16. The zero-order valence-corrected chi connectivity index (χ0v) is 34.5. The Morgan fingerprint density at radius 3 is 1.33 bits per heavy atom. The van der Waals surface area contributed by atoms with Gasteiger partial charge in [-0.25, -0.2) is 0 Å². The molecule has 2 aromatic carbocycles. The van der Waals surface area contributed by atoms with Crippen LogP contribution in [-0.2, 0) is 11.2 Å². The van der Waals surface area contributed by atoms with E-state index in [1.165, 1.54) is 51.9 Å². The van der Waals surface area contributed by atoms with E-state index in [1.54, 1.807) is 6.92 Å². The van der Waals surface area contributed by atoms with Gasteiger partial charge in [0.1, 0.15) is 11.5 Å². The van der Waals surface area contributed by atoms with Crippen LogP contribution in [0.5, 0.6) is 11.5 Å². The normalized spacial score (nSPS) is 13.6. The van der Waals surface area contributed by atoms with E-state index in [4.69, 9.17) is 4.74 Å². The molecule has 3 nitrogen and oxygen atoms in total. The molecule has 0 unspecified atom stereocenters. The van der Waals surface area contributed by atoms with Crippen molar-refractivity contribution < 1.29 is 14.6 Å². The number of fused-ring (bicyclic) bond motifs is 1. The maximum absolute atomic E-state index is 12.2. The van der Waals surface area contributed by atoms with Gasteiger partial charge in [0.25, 0.3) is 0 Å². The highest BCUT2D eigenvalue weighted by molar-refractivity contribution is 5.97. The fourth-order valence-electron chi connectivity index (χ4n) is 6.34. The van der Waals surface area contributed by atoms with Gasteiger partial charge in [-0.2, -0.15) is 0 Å². The first-order valence-electron chi connectivity index (χ1n) is 19.8. The van der Waals surface area contributed by atoms with E-state index >= 15 is 0 Å². The van der Waals surface area contributed by atoms with Crippen LogP contribution in [-0.4, -0.2) is 11.1 Å².